The summed E-state index contributed by atoms with van der Waals surface area (Å²) in [6.45, 7) is 0. The van der Waals surface area contributed by atoms with Gasteiger partial charge in [0.25, 0.3) is 0 Å². The van der Waals surface area contributed by atoms with E-state index in [0.717, 1.165) is 12.1 Å². The molecule has 0 aliphatic heterocycles. The van der Waals surface area contributed by atoms with E-state index in [-0.39, 0.29) is 15.7 Å². The van der Waals surface area contributed by atoms with Crippen LogP contribution in [0.5, 0.6) is 0 Å². The maximum atomic E-state index is 12.6. The first-order chi connectivity index (χ1) is 12.2. The van der Waals surface area contributed by atoms with E-state index >= 15 is 0 Å². The molecule has 0 heterocycles. The second-order valence-corrected chi connectivity index (χ2v) is 5.66. The fraction of sp³-hybridized carbons (Fsp3) is 0.0625. The standard InChI is InChI=1S/C16H10Cl2F3N3O2/c17-12-6-1-3-9(13(12)18)8-22-24-15(26)14(25)23-11-5-2-4-10(7-11)16(19,20)21/h1-8H,(H,23,25)(H,24,26). The Morgan fingerprint density at radius 2 is 1.73 bits per heavy atom. The molecule has 2 aromatic carbocycles. The van der Waals surface area contributed by atoms with Crippen LogP contribution in [0.2, 0.25) is 10.0 Å². The molecule has 0 aromatic heterocycles. The van der Waals surface area contributed by atoms with Gasteiger partial charge in [0, 0.05) is 11.3 Å². The Bertz CT molecular complexity index is 870. The number of alkyl halides is 3. The Kier molecular flexibility index (Phi) is 6.23. The summed E-state index contributed by atoms with van der Waals surface area (Å²) in [4.78, 5) is 23.4. The van der Waals surface area contributed by atoms with Crippen molar-refractivity contribution in [2.75, 3.05) is 5.32 Å². The van der Waals surface area contributed by atoms with Crippen LogP contribution in [-0.4, -0.2) is 18.0 Å². The first-order valence-corrected chi connectivity index (χ1v) is 7.69. The van der Waals surface area contributed by atoms with E-state index in [2.05, 4.69) is 10.4 Å². The summed E-state index contributed by atoms with van der Waals surface area (Å²) in [7, 11) is 0. The van der Waals surface area contributed by atoms with E-state index in [4.69, 9.17) is 23.2 Å². The zero-order valence-electron chi connectivity index (χ0n) is 12.8. The second kappa shape index (κ2) is 8.20. The number of anilines is 1. The Morgan fingerprint density at radius 3 is 2.42 bits per heavy atom. The zero-order chi connectivity index (χ0) is 19.3. The third-order valence-corrected chi connectivity index (χ3v) is 3.84. The summed E-state index contributed by atoms with van der Waals surface area (Å²) in [5.74, 6) is -2.35. The van der Waals surface area contributed by atoms with E-state index in [1.54, 1.807) is 18.2 Å². The number of hydrogen-bond donors (Lipinski definition) is 2. The number of nitrogens with one attached hydrogen (secondary N) is 2. The molecule has 0 aliphatic carbocycles. The van der Waals surface area contributed by atoms with Gasteiger partial charge in [0.05, 0.1) is 21.8 Å². The lowest BCUT2D eigenvalue weighted by Gasteiger charge is -2.09. The van der Waals surface area contributed by atoms with Crippen LogP contribution in [-0.2, 0) is 15.8 Å². The first kappa shape index (κ1) is 19.7. The van der Waals surface area contributed by atoms with Crippen LogP contribution in [0.1, 0.15) is 11.1 Å². The molecule has 0 saturated heterocycles. The van der Waals surface area contributed by atoms with Gasteiger partial charge in [-0.1, -0.05) is 41.4 Å². The lowest BCUT2D eigenvalue weighted by atomic mass is 10.2. The highest BCUT2D eigenvalue weighted by Crippen LogP contribution is 2.30. The second-order valence-electron chi connectivity index (χ2n) is 4.87. The normalized spacial score (nSPS) is 11.4. The highest BCUT2D eigenvalue weighted by molar-refractivity contribution is 6.43. The summed E-state index contributed by atoms with van der Waals surface area (Å²) < 4.78 is 37.9. The van der Waals surface area contributed by atoms with Crippen molar-refractivity contribution in [3.05, 3.63) is 63.6 Å². The van der Waals surface area contributed by atoms with Gasteiger partial charge in [0.15, 0.2) is 0 Å². The molecule has 0 spiro atoms. The number of rotatable bonds is 3. The van der Waals surface area contributed by atoms with Crippen LogP contribution in [0, 0.1) is 0 Å². The summed E-state index contributed by atoms with van der Waals surface area (Å²) in [5.41, 5.74) is 1.20. The molecule has 10 heteroatoms. The first-order valence-electron chi connectivity index (χ1n) is 6.94. The molecule has 0 radical (unpaired) electrons. The Hall–Kier alpha value is -2.58. The quantitative estimate of drug-likeness (QED) is 0.460. The SMILES string of the molecule is O=C(NN=Cc1cccc(Cl)c1Cl)C(=O)Nc1cccc(C(F)(F)F)c1. The van der Waals surface area contributed by atoms with Gasteiger partial charge in [0.2, 0.25) is 0 Å². The molecule has 26 heavy (non-hydrogen) atoms. The highest BCUT2D eigenvalue weighted by atomic mass is 35.5. The lowest BCUT2D eigenvalue weighted by molar-refractivity contribution is -0.137. The number of hydrazone groups is 1. The van der Waals surface area contributed by atoms with Crippen molar-refractivity contribution in [2.24, 2.45) is 5.10 Å². The summed E-state index contributed by atoms with van der Waals surface area (Å²) in [6, 6.07) is 8.62. The van der Waals surface area contributed by atoms with Gasteiger partial charge in [-0.3, -0.25) is 9.59 Å². The number of nitrogens with zero attached hydrogens (tertiary/aromatic N) is 1. The fourth-order valence-electron chi connectivity index (χ4n) is 1.79. The number of carbonyl (C=O) groups excluding carboxylic acids is 2. The summed E-state index contributed by atoms with van der Waals surface area (Å²) >= 11 is 11.7. The minimum absolute atomic E-state index is 0.179. The molecule has 136 valence electrons. The van der Waals surface area contributed by atoms with Gasteiger partial charge in [-0.25, -0.2) is 5.43 Å². The predicted octanol–water partition coefficient (Wildman–Crippen LogP) is 4.10. The molecule has 2 amide bonds. The van der Waals surface area contributed by atoms with Crippen LogP contribution < -0.4 is 10.7 Å². The van der Waals surface area contributed by atoms with Gasteiger partial charge in [-0.05, 0) is 24.3 Å². The highest BCUT2D eigenvalue weighted by Gasteiger charge is 2.30. The van der Waals surface area contributed by atoms with E-state index in [9.17, 15) is 22.8 Å². The van der Waals surface area contributed by atoms with E-state index in [1.165, 1.54) is 12.3 Å². The zero-order valence-corrected chi connectivity index (χ0v) is 14.3. The Balaban J connectivity index is 1.99. The third kappa shape index (κ3) is 5.21. The van der Waals surface area contributed by atoms with Crippen molar-refractivity contribution in [2.45, 2.75) is 6.18 Å². The number of amides is 2. The van der Waals surface area contributed by atoms with E-state index in [1.807, 2.05) is 5.43 Å². The Labute approximate surface area is 155 Å². The molecule has 0 aliphatic rings. The Morgan fingerprint density at radius 1 is 1.04 bits per heavy atom. The number of carbonyl (C=O) groups is 2. The maximum absolute atomic E-state index is 12.6. The summed E-state index contributed by atoms with van der Waals surface area (Å²) in [5, 5.41) is 6.10. The van der Waals surface area contributed by atoms with Crippen molar-refractivity contribution in [3.63, 3.8) is 0 Å². The van der Waals surface area contributed by atoms with Crippen LogP contribution >= 0.6 is 23.2 Å². The summed E-state index contributed by atoms with van der Waals surface area (Å²) in [6.07, 6.45) is -3.40. The average molecular weight is 404 g/mol. The van der Waals surface area contributed by atoms with E-state index in [0.29, 0.717) is 11.6 Å². The molecule has 2 N–H and O–H groups in total. The van der Waals surface area contributed by atoms with Gasteiger partial charge in [-0.2, -0.15) is 18.3 Å². The average Bonchev–Trinajstić information content (AvgIpc) is 2.58. The monoisotopic (exact) mass is 403 g/mol. The number of benzene rings is 2. The molecule has 0 unspecified atom stereocenters. The minimum Gasteiger partial charge on any atom is -0.318 e. The van der Waals surface area contributed by atoms with Gasteiger partial charge < -0.3 is 5.32 Å². The number of halogens is 5. The molecule has 0 fully saturated rings. The van der Waals surface area contributed by atoms with Crippen molar-refractivity contribution in [1.29, 1.82) is 0 Å². The van der Waals surface area contributed by atoms with Gasteiger partial charge >= 0.3 is 18.0 Å². The predicted molar refractivity (Wildman–Crippen MR) is 92.3 cm³/mol. The minimum atomic E-state index is -4.57. The van der Waals surface area contributed by atoms with Crippen LogP contribution in [0.25, 0.3) is 0 Å². The molecule has 2 aromatic rings. The molecule has 0 saturated carbocycles. The smallest absolute Gasteiger partial charge is 0.318 e. The molecule has 2 rings (SSSR count). The van der Waals surface area contributed by atoms with Crippen LogP contribution in [0.4, 0.5) is 18.9 Å². The fourth-order valence-corrected chi connectivity index (χ4v) is 2.15. The van der Waals surface area contributed by atoms with E-state index < -0.39 is 23.6 Å². The van der Waals surface area contributed by atoms with Crippen molar-refractivity contribution in [1.82, 2.24) is 5.43 Å². The topological polar surface area (TPSA) is 70.6 Å². The molecule has 5 nitrogen and oxygen atoms in total. The van der Waals surface area contributed by atoms with Crippen molar-refractivity contribution >= 4 is 46.9 Å². The van der Waals surface area contributed by atoms with Crippen LogP contribution in [0.15, 0.2) is 47.6 Å². The van der Waals surface area contributed by atoms with Gasteiger partial charge in [-0.15, -0.1) is 0 Å². The van der Waals surface area contributed by atoms with Crippen LogP contribution in [0.3, 0.4) is 0 Å². The molecular weight excluding hydrogens is 394 g/mol. The molecule has 0 atom stereocenters. The molecular formula is C16H10Cl2F3N3O2. The maximum Gasteiger partial charge on any atom is 0.416 e. The molecule has 0 bridgehead atoms. The third-order valence-electron chi connectivity index (χ3n) is 3.01. The lowest BCUT2D eigenvalue weighted by Crippen LogP contribution is -2.32. The van der Waals surface area contributed by atoms with Crippen molar-refractivity contribution < 1.29 is 22.8 Å². The van der Waals surface area contributed by atoms with Gasteiger partial charge in [0.1, 0.15) is 0 Å². The largest absolute Gasteiger partial charge is 0.416 e. The van der Waals surface area contributed by atoms with Crippen molar-refractivity contribution in [3.8, 4) is 0 Å². The number of hydrogen-bond acceptors (Lipinski definition) is 3.